The Morgan fingerprint density at radius 2 is 1.91 bits per heavy atom. The summed E-state index contributed by atoms with van der Waals surface area (Å²) in [6.07, 6.45) is 12.6. The van der Waals surface area contributed by atoms with Gasteiger partial charge in [0.15, 0.2) is 5.65 Å². The molecule has 0 bridgehead atoms. The summed E-state index contributed by atoms with van der Waals surface area (Å²) < 4.78 is 2.07. The van der Waals surface area contributed by atoms with E-state index < -0.39 is 0 Å². The molecule has 3 rings (SSSR count). The summed E-state index contributed by atoms with van der Waals surface area (Å²) in [5.74, 6) is 0. The van der Waals surface area contributed by atoms with Gasteiger partial charge in [-0.3, -0.25) is 0 Å². The molecule has 23 heavy (non-hydrogen) atoms. The maximum absolute atomic E-state index is 4.52. The maximum Gasteiger partial charge on any atom is 0.164 e. The lowest BCUT2D eigenvalue weighted by atomic mass is 10.2. The monoisotopic (exact) mass is 306 g/mol. The number of hydrogen-bond donors (Lipinski definition) is 0. The molecule has 0 aliphatic heterocycles. The molecule has 1 aromatic carbocycles. The third-order valence-electron chi connectivity index (χ3n) is 3.88. The molecule has 4 nitrogen and oxygen atoms in total. The van der Waals surface area contributed by atoms with E-state index in [0.29, 0.717) is 0 Å². The van der Waals surface area contributed by atoms with E-state index >= 15 is 0 Å². The largest absolute Gasteiger partial charge is 0.311 e. The summed E-state index contributed by atoms with van der Waals surface area (Å²) in [5.41, 5.74) is 3.90. The number of allylic oxidation sites excluding steroid dienone is 1. The van der Waals surface area contributed by atoms with Crippen LogP contribution in [-0.2, 0) is 6.54 Å². The molecule has 0 radical (unpaired) electrons. The second-order valence-corrected chi connectivity index (χ2v) is 5.69. The first kappa shape index (κ1) is 15.4. The van der Waals surface area contributed by atoms with Crippen LogP contribution in [0, 0.1) is 0 Å². The molecule has 0 fully saturated rings. The van der Waals surface area contributed by atoms with Gasteiger partial charge >= 0.3 is 0 Å². The summed E-state index contributed by atoms with van der Waals surface area (Å²) in [7, 11) is 0. The molecule has 0 aliphatic rings. The lowest BCUT2D eigenvalue weighted by molar-refractivity contribution is 0.730. The number of unbranched alkanes of at least 4 members (excludes halogenated alkanes) is 3. The zero-order valence-corrected chi connectivity index (χ0v) is 13.5. The van der Waals surface area contributed by atoms with Crippen molar-refractivity contribution in [2.75, 3.05) is 0 Å². The van der Waals surface area contributed by atoms with Gasteiger partial charge in [0.25, 0.3) is 0 Å². The molecule has 3 aromatic rings. The van der Waals surface area contributed by atoms with Crippen LogP contribution in [0.25, 0.3) is 17.2 Å². The number of rotatable bonds is 7. The fraction of sp³-hybridized carbons (Fsp3) is 0.316. The second kappa shape index (κ2) is 7.68. The van der Waals surface area contributed by atoms with Crippen LogP contribution in [-0.4, -0.2) is 19.5 Å². The lowest BCUT2D eigenvalue weighted by Crippen LogP contribution is -1.99. The molecular formula is C19H22N4. The Hall–Kier alpha value is -2.49. The van der Waals surface area contributed by atoms with Crippen LogP contribution >= 0.6 is 0 Å². The van der Waals surface area contributed by atoms with E-state index in [1.165, 1.54) is 24.8 Å². The lowest BCUT2D eigenvalue weighted by Gasteiger charge is -2.03. The van der Waals surface area contributed by atoms with Crippen LogP contribution in [0.15, 0.2) is 49.1 Å². The molecule has 2 aromatic heterocycles. The fourth-order valence-electron chi connectivity index (χ4n) is 2.62. The van der Waals surface area contributed by atoms with Crippen LogP contribution < -0.4 is 0 Å². The fourth-order valence-corrected chi connectivity index (χ4v) is 2.62. The van der Waals surface area contributed by atoms with Gasteiger partial charge in [0.1, 0.15) is 11.8 Å². The Bertz CT molecular complexity index is 774. The molecule has 0 spiro atoms. The number of benzene rings is 1. The van der Waals surface area contributed by atoms with Gasteiger partial charge in [-0.05, 0) is 24.5 Å². The van der Waals surface area contributed by atoms with Crippen molar-refractivity contribution >= 4 is 17.2 Å². The predicted octanol–water partition coefficient (Wildman–Crippen LogP) is 4.47. The first-order chi connectivity index (χ1) is 11.4. The van der Waals surface area contributed by atoms with Crippen molar-refractivity contribution in [1.29, 1.82) is 0 Å². The van der Waals surface area contributed by atoms with E-state index in [4.69, 9.17) is 0 Å². The zero-order chi connectivity index (χ0) is 15.9. The van der Waals surface area contributed by atoms with Crippen molar-refractivity contribution in [3.8, 4) is 0 Å². The third kappa shape index (κ3) is 3.83. The molecule has 0 saturated carbocycles. The van der Waals surface area contributed by atoms with Gasteiger partial charge in [0.2, 0.25) is 0 Å². The van der Waals surface area contributed by atoms with Crippen LogP contribution in [0.3, 0.4) is 0 Å². The Morgan fingerprint density at radius 1 is 1.04 bits per heavy atom. The normalized spacial score (nSPS) is 11.5. The van der Waals surface area contributed by atoms with Gasteiger partial charge in [0.05, 0.1) is 18.6 Å². The summed E-state index contributed by atoms with van der Waals surface area (Å²) in [6, 6.07) is 10.4. The highest BCUT2D eigenvalue weighted by Gasteiger charge is 2.08. The molecule has 0 amide bonds. The van der Waals surface area contributed by atoms with Crippen LogP contribution in [0.2, 0.25) is 0 Å². The van der Waals surface area contributed by atoms with Gasteiger partial charge in [-0.25, -0.2) is 15.0 Å². The first-order valence-electron chi connectivity index (χ1n) is 8.25. The van der Waals surface area contributed by atoms with Crippen molar-refractivity contribution in [2.45, 2.75) is 39.2 Å². The van der Waals surface area contributed by atoms with E-state index in [9.17, 15) is 0 Å². The van der Waals surface area contributed by atoms with Crippen molar-refractivity contribution in [1.82, 2.24) is 19.5 Å². The Balaban J connectivity index is 1.80. The third-order valence-corrected chi connectivity index (χ3v) is 3.88. The van der Waals surface area contributed by atoms with Crippen molar-refractivity contribution in [3.05, 3.63) is 60.3 Å². The number of hydrogen-bond acceptors (Lipinski definition) is 3. The molecule has 2 heterocycles. The van der Waals surface area contributed by atoms with Crippen molar-refractivity contribution < 1.29 is 0 Å². The predicted molar refractivity (Wildman–Crippen MR) is 94.0 cm³/mol. The van der Waals surface area contributed by atoms with Crippen molar-refractivity contribution in [3.63, 3.8) is 0 Å². The molecule has 0 saturated heterocycles. The molecule has 0 N–H and O–H groups in total. The molecule has 0 aliphatic carbocycles. The van der Waals surface area contributed by atoms with Gasteiger partial charge < -0.3 is 4.57 Å². The topological polar surface area (TPSA) is 43.6 Å². The van der Waals surface area contributed by atoms with Gasteiger partial charge in [-0.1, -0.05) is 56.2 Å². The molecule has 0 atom stereocenters. The summed E-state index contributed by atoms with van der Waals surface area (Å²) >= 11 is 0. The average molecular weight is 306 g/mol. The van der Waals surface area contributed by atoms with Crippen LogP contribution in [0.4, 0.5) is 0 Å². The highest BCUT2D eigenvalue weighted by molar-refractivity contribution is 5.79. The highest BCUT2D eigenvalue weighted by Crippen LogP contribution is 2.16. The summed E-state index contributed by atoms with van der Waals surface area (Å²) in [5, 5.41) is 0. The van der Waals surface area contributed by atoms with Gasteiger partial charge in [-0.15, -0.1) is 0 Å². The summed E-state index contributed by atoms with van der Waals surface area (Å²) in [6.45, 7) is 2.99. The summed E-state index contributed by atoms with van der Waals surface area (Å²) in [4.78, 5) is 13.3. The van der Waals surface area contributed by atoms with Gasteiger partial charge in [-0.2, -0.15) is 0 Å². The highest BCUT2D eigenvalue weighted by atomic mass is 15.1. The minimum atomic E-state index is 0.772. The molecular weight excluding hydrogens is 284 g/mol. The van der Waals surface area contributed by atoms with Crippen molar-refractivity contribution in [2.24, 2.45) is 0 Å². The number of aromatic nitrogens is 4. The van der Waals surface area contributed by atoms with Gasteiger partial charge in [0, 0.05) is 0 Å². The van der Waals surface area contributed by atoms with E-state index in [1.54, 1.807) is 6.33 Å². The number of nitrogens with zero attached hydrogens (tertiary/aromatic N) is 4. The second-order valence-electron chi connectivity index (χ2n) is 5.69. The maximum atomic E-state index is 4.52. The minimum Gasteiger partial charge on any atom is -0.311 e. The quantitative estimate of drug-likeness (QED) is 0.605. The number of fused-ring (bicyclic) bond motifs is 1. The Kier molecular flexibility index (Phi) is 5.14. The average Bonchev–Trinajstić information content (AvgIpc) is 2.99. The van der Waals surface area contributed by atoms with E-state index in [-0.39, 0.29) is 0 Å². The van der Waals surface area contributed by atoms with E-state index in [1.807, 2.05) is 24.5 Å². The smallest absolute Gasteiger partial charge is 0.164 e. The molecule has 0 unspecified atom stereocenters. The molecule has 4 heteroatoms. The van der Waals surface area contributed by atoms with Crippen LogP contribution in [0.1, 0.15) is 43.9 Å². The van der Waals surface area contributed by atoms with E-state index in [0.717, 1.165) is 29.8 Å². The first-order valence-corrected chi connectivity index (χ1v) is 8.25. The minimum absolute atomic E-state index is 0.772. The zero-order valence-electron chi connectivity index (χ0n) is 13.5. The molecule has 118 valence electrons. The van der Waals surface area contributed by atoms with Crippen LogP contribution in [0.5, 0.6) is 0 Å². The Morgan fingerprint density at radius 3 is 2.74 bits per heavy atom. The SMILES string of the molecule is CCCCC/C=C/c1ncnc2c1ncn2Cc1ccccc1. The standard InChI is InChI=1S/C19H22N4/c1-2-3-4-5-9-12-17-18-19(21-14-20-17)23(15-22-18)13-16-10-7-6-8-11-16/h6-12,14-15H,2-5,13H2,1H3/b12-9+. The Labute approximate surface area is 136 Å². The number of imidazole rings is 1. The van der Waals surface area contributed by atoms with E-state index in [2.05, 4.69) is 50.7 Å².